The zero-order valence-electron chi connectivity index (χ0n) is 21.1. The van der Waals surface area contributed by atoms with Gasteiger partial charge in [-0.3, -0.25) is 19.5 Å². The van der Waals surface area contributed by atoms with E-state index in [0.29, 0.717) is 19.0 Å². The summed E-state index contributed by atoms with van der Waals surface area (Å²) in [6.45, 7) is 2.11. The van der Waals surface area contributed by atoms with E-state index in [-0.39, 0.29) is 23.5 Å². The predicted octanol–water partition coefficient (Wildman–Crippen LogP) is 2.12. The fourth-order valence-electron chi connectivity index (χ4n) is 5.91. The highest BCUT2D eigenvalue weighted by Crippen LogP contribution is 2.49. The number of carbonyl (C=O) groups is 1. The maximum Gasteiger partial charge on any atom is 0.239 e. The average Bonchev–Trinajstić information content (AvgIpc) is 3.11. The SMILES string of the molecule is COCCCN1C(O)N(CC(=O)Nc2ccncn2)CC12CCC(c1ccccc1)(N(C)C)CC2. The van der Waals surface area contributed by atoms with Crippen LogP contribution in [0.2, 0.25) is 0 Å². The predicted molar refractivity (Wildman–Crippen MR) is 134 cm³/mol. The molecule has 190 valence electrons. The van der Waals surface area contributed by atoms with Gasteiger partial charge in [-0.15, -0.1) is 0 Å². The number of hydrogen-bond donors (Lipinski definition) is 2. The van der Waals surface area contributed by atoms with Crippen LogP contribution in [-0.4, -0.2) is 95.0 Å². The largest absolute Gasteiger partial charge is 0.385 e. The van der Waals surface area contributed by atoms with E-state index < -0.39 is 6.35 Å². The Morgan fingerprint density at radius 3 is 2.57 bits per heavy atom. The monoisotopic (exact) mass is 482 g/mol. The minimum atomic E-state index is -0.813. The van der Waals surface area contributed by atoms with Gasteiger partial charge in [-0.2, -0.15) is 0 Å². The topological polar surface area (TPSA) is 94.1 Å². The van der Waals surface area contributed by atoms with Gasteiger partial charge in [-0.05, 0) is 57.8 Å². The normalized spacial score (nSPS) is 27.5. The van der Waals surface area contributed by atoms with Gasteiger partial charge in [-0.1, -0.05) is 30.3 Å². The lowest BCUT2D eigenvalue weighted by atomic mass is 9.68. The van der Waals surface area contributed by atoms with Crippen LogP contribution in [0.1, 0.15) is 37.7 Å². The molecule has 1 atom stereocenters. The van der Waals surface area contributed by atoms with Crippen LogP contribution in [0.3, 0.4) is 0 Å². The first-order chi connectivity index (χ1) is 16.9. The highest BCUT2D eigenvalue weighted by Gasteiger charge is 2.54. The van der Waals surface area contributed by atoms with E-state index in [9.17, 15) is 9.90 Å². The van der Waals surface area contributed by atoms with Gasteiger partial charge in [0.1, 0.15) is 12.1 Å². The summed E-state index contributed by atoms with van der Waals surface area (Å²) in [7, 11) is 6.02. The van der Waals surface area contributed by atoms with Gasteiger partial charge in [0.15, 0.2) is 6.35 Å². The van der Waals surface area contributed by atoms with Crippen LogP contribution in [0.5, 0.6) is 0 Å². The maximum atomic E-state index is 12.8. The first-order valence-electron chi connectivity index (χ1n) is 12.4. The summed E-state index contributed by atoms with van der Waals surface area (Å²) in [5.41, 5.74) is 1.12. The third-order valence-corrected chi connectivity index (χ3v) is 7.83. The molecule has 1 aromatic carbocycles. The number of hydrogen-bond acceptors (Lipinski definition) is 8. The molecule has 1 aromatic heterocycles. The zero-order chi connectivity index (χ0) is 24.9. The molecule has 0 bridgehead atoms. The molecule has 2 aliphatic rings. The van der Waals surface area contributed by atoms with Gasteiger partial charge < -0.3 is 15.2 Å². The van der Waals surface area contributed by atoms with Gasteiger partial charge in [0, 0.05) is 44.1 Å². The van der Waals surface area contributed by atoms with Crippen LogP contribution >= 0.6 is 0 Å². The van der Waals surface area contributed by atoms with Gasteiger partial charge in [0.05, 0.1) is 6.54 Å². The van der Waals surface area contributed by atoms with Gasteiger partial charge in [0.2, 0.25) is 5.91 Å². The third kappa shape index (κ3) is 5.39. The van der Waals surface area contributed by atoms with Crippen molar-refractivity contribution in [2.45, 2.75) is 49.5 Å². The number of aliphatic hydroxyl groups excluding tert-OH is 1. The Kier molecular flexibility index (Phi) is 8.13. The van der Waals surface area contributed by atoms with Crippen molar-refractivity contribution >= 4 is 11.7 Å². The Bertz CT molecular complexity index is 950. The molecule has 35 heavy (non-hydrogen) atoms. The second-order valence-electron chi connectivity index (χ2n) is 9.95. The standard InChI is InChI=1S/C26H38N6O3/c1-30(2)26(21-8-5-4-6-9-21)13-11-25(12-14-26)19-31(24(34)32(25)16-7-17-35-3)18-23(33)29-22-10-15-27-20-28-22/h4-6,8-10,15,20,24,34H,7,11-14,16-19H2,1-3H3,(H,27,28,29,33). The zero-order valence-corrected chi connectivity index (χ0v) is 21.1. The molecule has 1 unspecified atom stereocenters. The van der Waals surface area contributed by atoms with Crippen LogP contribution in [-0.2, 0) is 15.1 Å². The van der Waals surface area contributed by atoms with Crippen LogP contribution in [0.4, 0.5) is 5.82 Å². The number of methoxy groups -OCH3 is 1. The van der Waals surface area contributed by atoms with Gasteiger partial charge in [0.25, 0.3) is 0 Å². The highest BCUT2D eigenvalue weighted by molar-refractivity contribution is 5.91. The summed E-state index contributed by atoms with van der Waals surface area (Å²) in [5.74, 6) is 0.265. The molecule has 0 radical (unpaired) electrons. The number of amides is 1. The average molecular weight is 483 g/mol. The van der Waals surface area contributed by atoms with Crippen LogP contribution in [0, 0.1) is 0 Å². The molecule has 1 spiro atoms. The molecule has 2 aromatic rings. The van der Waals surface area contributed by atoms with E-state index in [1.54, 1.807) is 19.4 Å². The molecule has 1 saturated carbocycles. The Balaban J connectivity index is 1.51. The van der Waals surface area contributed by atoms with E-state index in [4.69, 9.17) is 4.74 Å². The Morgan fingerprint density at radius 2 is 1.94 bits per heavy atom. The molecule has 2 N–H and O–H groups in total. The van der Waals surface area contributed by atoms with Crippen molar-refractivity contribution in [3.8, 4) is 0 Å². The summed E-state index contributed by atoms with van der Waals surface area (Å²) in [6.07, 6.45) is 6.85. The van der Waals surface area contributed by atoms with Crippen LogP contribution in [0.15, 0.2) is 48.9 Å². The summed E-state index contributed by atoms with van der Waals surface area (Å²) in [6, 6.07) is 12.4. The minimum Gasteiger partial charge on any atom is -0.385 e. The van der Waals surface area contributed by atoms with Crippen molar-refractivity contribution < 1.29 is 14.6 Å². The lowest BCUT2D eigenvalue weighted by molar-refractivity contribution is -0.124. The molecule has 2 heterocycles. The number of ether oxygens (including phenoxy) is 1. The molecular formula is C26H38N6O3. The number of aromatic nitrogens is 2. The minimum absolute atomic E-state index is 0.0343. The fraction of sp³-hybridized carbons (Fsp3) is 0.577. The number of rotatable bonds is 9. The second kappa shape index (κ2) is 11.1. The Hall–Kier alpha value is -2.43. The molecule has 4 rings (SSSR count). The van der Waals surface area contributed by atoms with Crippen molar-refractivity contribution in [2.75, 3.05) is 52.8 Å². The molecule has 9 nitrogen and oxygen atoms in total. The Morgan fingerprint density at radius 1 is 1.20 bits per heavy atom. The van der Waals surface area contributed by atoms with Crippen molar-refractivity contribution in [2.24, 2.45) is 0 Å². The summed E-state index contributed by atoms with van der Waals surface area (Å²) < 4.78 is 5.29. The lowest BCUT2D eigenvalue weighted by Crippen LogP contribution is -2.56. The van der Waals surface area contributed by atoms with Crippen molar-refractivity contribution in [3.05, 3.63) is 54.5 Å². The van der Waals surface area contributed by atoms with E-state index >= 15 is 0 Å². The van der Waals surface area contributed by atoms with Gasteiger partial charge in [-0.25, -0.2) is 9.97 Å². The van der Waals surface area contributed by atoms with Crippen LogP contribution < -0.4 is 5.32 Å². The van der Waals surface area contributed by atoms with E-state index in [2.05, 4.69) is 69.5 Å². The number of nitrogens with one attached hydrogen (secondary N) is 1. The van der Waals surface area contributed by atoms with Crippen molar-refractivity contribution in [1.29, 1.82) is 0 Å². The van der Waals surface area contributed by atoms with Gasteiger partial charge >= 0.3 is 0 Å². The highest BCUT2D eigenvalue weighted by atomic mass is 16.5. The Labute approximate surface area is 208 Å². The van der Waals surface area contributed by atoms with Crippen LogP contribution in [0.25, 0.3) is 0 Å². The third-order valence-electron chi connectivity index (χ3n) is 7.83. The molecule has 9 heteroatoms. The first-order valence-corrected chi connectivity index (χ1v) is 12.4. The lowest BCUT2D eigenvalue weighted by Gasteiger charge is -2.51. The van der Waals surface area contributed by atoms with E-state index in [1.165, 1.54) is 11.9 Å². The van der Waals surface area contributed by atoms with E-state index in [1.807, 2.05) is 4.90 Å². The number of aliphatic hydroxyl groups is 1. The smallest absolute Gasteiger partial charge is 0.239 e. The summed E-state index contributed by atoms with van der Waals surface area (Å²) in [4.78, 5) is 27.1. The number of nitrogens with zero attached hydrogens (tertiary/aromatic N) is 5. The maximum absolute atomic E-state index is 12.8. The number of benzene rings is 1. The summed E-state index contributed by atoms with van der Waals surface area (Å²) >= 11 is 0. The van der Waals surface area contributed by atoms with Crippen molar-refractivity contribution in [3.63, 3.8) is 0 Å². The van der Waals surface area contributed by atoms with E-state index in [0.717, 1.165) is 38.6 Å². The molecular weight excluding hydrogens is 444 g/mol. The molecule has 1 amide bonds. The number of carbonyl (C=O) groups excluding carboxylic acids is 1. The quantitative estimate of drug-likeness (QED) is 0.525. The molecule has 1 aliphatic carbocycles. The number of anilines is 1. The summed E-state index contributed by atoms with van der Waals surface area (Å²) in [5, 5.41) is 14.1. The molecule has 1 aliphatic heterocycles. The fourth-order valence-corrected chi connectivity index (χ4v) is 5.91. The van der Waals surface area contributed by atoms with Crippen molar-refractivity contribution in [1.82, 2.24) is 24.7 Å². The first kappa shape index (κ1) is 25.7. The molecule has 1 saturated heterocycles. The second-order valence-corrected chi connectivity index (χ2v) is 9.95. The molecule has 2 fully saturated rings.